The van der Waals surface area contributed by atoms with E-state index in [4.69, 9.17) is 0 Å². The monoisotopic (exact) mass is 343 g/mol. The minimum Gasteiger partial charge on any atom is -0.372 e. The maximum atomic E-state index is 3.93. The standard InChI is InChI=1S/C23H25N3/c1-18-9-10-21-20(16-18)24-23(22-8-5-13-26(21)22)11-14-25(15-12-23)17-19-6-3-2-4-7-19/h2-10,13,16,24H,11-12,14-15,17H2,1H3. The number of piperidine rings is 1. The van der Waals surface area contributed by atoms with Crippen LogP contribution in [0.4, 0.5) is 5.69 Å². The summed E-state index contributed by atoms with van der Waals surface area (Å²) < 4.78 is 2.39. The van der Waals surface area contributed by atoms with Gasteiger partial charge in [0, 0.05) is 31.5 Å². The van der Waals surface area contributed by atoms with Crippen molar-refractivity contribution in [2.75, 3.05) is 18.4 Å². The quantitative estimate of drug-likeness (QED) is 0.728. The number of rotatable bonds is 2. The number of nitrogens with zero attached hydrogens (tertiary/aromatic N) is 2. The van der Waals surface area contributed by atoms with Crippen molar-refractivity contribution in [3.63, 3.8) is 0 Å². The molecule has 26 heavy (non-hydrogen) atoms. The molecule has 3 nitrogen and oxygen atoms in total. The number of fused-ring (bicyclic) bond motifs is 4. The van der Waals surface area contributed by atoms with Crippen LogP contribution in [0.15, 0.2) is 66.9 Å². The molecule has 0 unspecified atom stereocenters. The Morgan fingerprint density at radius 1 is 0.962 bits per heavy atom. The number of likely N-dealkylation sites (tertiary alicyclic amines) is 1. The molecule has 0 radical (unpaired) electrons. The fourth-order valence-electron chi connectivity index (χ4n) is 4.58. The largest absolute Gasteiger partial charge is 0.372 e. The summed E-state index contributed by atoms with van der Waals surface area (Å²) in [4.78, 5) is 2.58. The van der Waals surface area contributed by atoms with Crippen molar-refractivity contribution in [3.8, 4) is 5.69 Å². The van der Waals surface area contributed by atoms with Gasteiger partial charge in [0.25, 0.3) is 0 Å². The van der Waals surface area contributed by atoms with E-state index in [-0.39, 0.29) is 5.54 Å². The van der Waals surface area contributed by atoms with Gasteiger partial charge >= 0.3 is 0 Å². The maximum absolute atomic E-state index is 3.93. The molecular formula is C23H25N3. The topological polar surface area (TPSA) is 20.2 Å². The Morgan fingerprint density at radius 2 is 1.77 bits per heavy atom. The van der Waals surface area contributed by atoms with Crippen LogP contribution in [0.5, 0.6) is 0 Å². The Balaban J connectivity index is 1.41. The van der Waals surface area contributed by atoms with Crippen LogP contribution in [-0.4, -0.2) is 22.6 Å². The lowest BCUT2D eigenvalue weighted by Gasteiger charge is -2.46. The number of nitrogens with one attached hydrogen (secondary N) is 1. The van der Waals surface area contributed by atoms with Crippen molar-refractivity contribution < 1.29 is 0 Å². The van der Waals surface area contributed by atoms with Crippen LogP contribution in [0.3, 0.4) is 0 Å². The molecule has 0 bridgehead atoms. The number of hydrogen-bond acceptors (Lipinski definition) is 2. The van der Waals surface area contributed by atoms with Gasteiger partial charge in [-0.15, -0.1) is 0 Å². The molecule has 2 aromatic carbocycles. The van der Waals surface area contributed by atoms with E-state index >= 15 is 0 Å². The van der Waals surface area contributed by atoms with Crippen LogP contribution in [0.2, 0.25) is 0 Å². The average Bonchev–Trinajstić information content (AvgIpc) is 3.15. The lowest BCUT2D eigenvalue weighted by atomic mass is 9.82. The summed E-state index contributed by atoms with van der Waals surface area (Å²) in [5, 5.41) is 3.93. The lowest BCUT2D eigenvalue weighted by molar-refractivity contribution is 0.162. The van der Waals surface area contributed by atoms with Crippen molar-refractivity contribution in [2.24, 2.45) is 0 Å². The summed E-state index contributed by atoms with van der Waals surface area (Å²) in [5.74, 6) is 0. The first-order valence-corrected chi connectivity index (χ1v) is 9.57. The zero-order valence-corrected chi connectivity index (χ0v) is 15.3. The highest BCUT2D eigenvalue weighted by molar-refractivity contribution is 5.68. The Morgan fingerprint density at radius 3 is 2.58 bits per heavy atom. The Bertz CT molecular complexity index is 918. The number of hydrogen-bond donors (Lipinski definition) is 1. The molecule has 1 saturated heterocycles. The second-order valence-electron chi connectivity index (χ2n) is 7.75. The van der Waals surface area contributed by atoms with Gasteiger partial charge in [0.1, 0.15) is 0 Å². The van der Waals surface area contributed by atoms with Gasteiger partial charge in [-0.3, -0.25) is 4.90 Å². The van der Waals surface area contributed by atoms with E-state index < -0.39 is 0 Å². The summed E-state index contributed by atoms with van der Waals surface area (Å²) in [5.41, 5.74) is 6.72. The second-order valence-corrected chi connectivity index (χ2v) is 7.75. The van der Waals surface area contributed by atoms with Gasteiger partial charge in [0.05, 0.1) is 16.9 Å². The lowest BCUT2D eigenvalue weighted by Crippen LogP contribution is -2.49. The molecule has 0 amide bonds. The number of aromatic nitrogens is 1. The normalized spacial score (nSPS) is 18.2. The Kier molecular flexibility index (Phi) is 3.64. The summed E-state index contributed by atoms with van der Waals surface area (Å²) in [6.45, 7) is 5.46. The molecule has 1 spiro atoms. The third-order valence-electron chi connectivity index (χ3n) is 5.98. The van der Waals surface area contributed by atoms with Crippen molar-refractivity contribution in [2.45, 2.75) is 31.8 Å². The van der Waals surface area contributed by atoms with E-state index in [1.165, 1.54) is 28.2 Å². The number of anilines is 1. The highest BCUT2D eigenvalue weighted by atomic mass is 15.2. The molecule has 132 valence electrons. The van der Waals surface area contributed by atoms with Crippen LogP contribution in [0.25, 0.3) is 5.69 Å². The van der Waals surface area contributed by atoms with E-state index in [0.717, 1.165) is 32.5 Å². The number of aryl methyl sites for hydroxylation is 1. The molecular weight excluding hydrogens is 318 g/mol. The Labute approximate surface area is 155 Å². The van der Waals surface area contributed by atoms with Gasteiger partial charge < -0.3 is 9.88 Å². The van der Waals surface area contributed by atoms with Gasteiger partial charge in [-0.1, -0.05) is 36.4 Å². The molecule has 1 aromatic heterocycles. The zero-order valence-electron chi connectivity index (χ0n) is 15.3. The van der Waals surface area contributed by atoms with Crippen LogP contribution in [-0.2, 0) is 12.1 Å². The van der Waals surface area contributed by atoms with Crippen molar-refractivity contribution in [3.05, 3.63) is 83.7 Å². The fraction of sp³-hybridized carbons (Fsp3) is 0.304. The molecule has 1 fully saturated rings. The van der Waals surface area contributed by atoms with Crippen LogP contribution >= 0.6 is 0 Å². The minimum absolute atomic E-state index is 0.0531. The van der Waals surface area contributed by atoms with Crippen molar-refractivity contribution >= 4 is 5.69 Å². The molecule has 5 rings (SSSR count). The summed E-state index contributed by atoms with van der Waals surface area (Å²) in [6, 6.07) is 22.0. The van der Waals surface area contributed by atoms with Crippen molar-refractivity contribution in [1.82, 2.24) is 9.47 Å². The first-order chi connectivity index (χ1) is 12.7. The third-order valence-corrected chi connectivity index (χ3v) is 5.98. The predicted octanol–water partition coefficient (Wildman–Crippen LogP) is 4.70. The average molecular weight is 343 g/mol. The summed E-state index contributed by atoms with van der Waals surface area (Å²) >= 11 is 0. The van der Waals surface area contributed by atoms with Gasteiger partial charge in [0.2, 0.25) is 0 Å². The molecule has 0 atom stereocenters. The van der Waals surface area contributed by atoms with Gasteiger partial charge in [-0.2, -0.15) is 0 Å². The van der Waals surface area contributed by atoms with Gasteiger partial charge in [0.15, 0.2) is 0 Å². The molecule has 2 aliphatic heterocycles. The van der Waals surface area contributed by atoms with E-state index in [1.807, 2.05) is 0 Å². The van der Waals surface area contributed by atoms with E-state index in [9.17, 15) is 0 Å². The van der Waals surface area contributed by atoms with Crippen LogP contribution < -0.4 is 5.32 Å². The molecule has 0 aliphatic carbocycles. The third kappa shape index (κ3) is 2.55. The molecule has 3 aromatic rings. The van der Waals surface area contributed by atoms with Crippen LogP contribution in [0.1, 0.15) is 29.7 Å². The second kappa shape index (κ2) is 6.03. The van der Waals surface area contributed by atoms with Crippen molar-refractivity contribution in [1.29, 1.82) is 0 Å². The molecule has 0 saturated carbocycles. The van der Waals surface area contributed by atoms with Crippen LogP contribution in [0, 0.1) is 6.92 Å². The first-order valence-electron chi connectivity index (χ1n) is 9.57. The molecule has 2 aliphatic rings. The van der Waals surface area contributed by atoms with Gasteiger partial charge in [-0.25, -0.2) is 0 Å². The van der Waals surface area contributed by atoms with E-state index in [2.05, 4.69) is 88.6 Å². The Hall–Kier alpha value is -2.52. The first kappa shape index (κ1) is 15.7. The van der Waals surface area contributed by atoms with Gasteiger partial charge in [-0.05, 0) is 55.2 Å². The maximum Gasteiger partial charge on any atom is 0.0804 e. The molecule has 1 N–H and O–H groups in total. The highest BCUT2D eigenvalue weighted by Crippen LogP contribution is 2.43. The smallest absolute Gasteiger partial charge is 0.0804 e. The molecule has 3 heterocycles. The summed E-state index contributed by atoms with van der Waals surface area (Å²) in [6.07, 6.45) is 4.48. The minimum atomic E-state index is 0.0531. The molecule has 3 heteroatoms. The fourth-order valence-corrected chi connectivity index (χ4v) is 4.58. The van der Waals surface area contributed by atoms with E-state index in [0.29, 0.717) is 0 Å². The van der Waals surface area contributed by atoms with E-state index in [1.54, 1.807) is 0 Å². The zero-order chi connectivity index (χ0) is 17.6. The highest BCUT2D eigenvalue weighted by Gasteiger charge is 2.41. The summed E-state index contributed by atoms with van der Waals surface area (Å²) in [7, 11) is 0. The SMILES string of the molecule is Cc1ccc2c(c1)NC1(CCN(Cc3ccccc3)CC1)c1cccn1-2. The number of benzene rings is 2. The predicted molar refractivity (Wildman–Crippen MR) is 107 cm³/mol.